The van der Waals surface area contributed by atoms with E-state index in [4.69, 9.17) is 10.5 Å². The topological polar surface area (TPSA) is 68.5 Å². The Morgan fingerprint density at radius 1 is 1.42 bits per heavy atom. The summed E-state index contributed by atoms with van der Waals surface area (Å²) in [5.41, 5.74) is 6.30. The van der Waals surface area contributed by atoms with Crippen LogP contribution in [0.15, 0.2) is 47.1 Å². The molecule has 3 rings (SSSR count). The van der Waals surface area contributed by atoms with Gasteiger partial charge in [-0.3, -0.25) is 4.79 Å². The maximum absolute atomic E-state index is 12.6. The van der Waals surface area contributed by atoms with Gasteiger partial charge in [0.2, 0.25) is 5.88 Å². The highest BCUT2D eigenvalue weighted by atomic mass is 79.9. The fraction of sp³-hybridized carbons (Fsp3) is 0.333. The molecule has 0 aliphatic carbocycles. The van der Waals surface area contributed by atoms with Gasteiger partial charge in [-0.2, -0.15) is 0 Å². The van der Waals surface area contributed by atoms with E-state index in [0.717, 1.165) is 10.9 Å². The Kier molecular flexibility index (Phi) is 5.16. The fourth-order valence-corrected chi connectivity index (χ4v) is 3.36. The molecule has 0 radical (unpaired) electrons. The lowest BCUT2D eigenvalue weighted by atomic mass is 10.1. The van der Waals surface area contributed by atoms with E-state index in [1.807, 2.05) is 29.2 Å². The molecule has 126 valence electrons. The van der Waals surface area contributed by atoms with Crippen LogP contribution in [0, 0.1) is 5.92 Å². The average molecular weight is 390 g/mol. The summed E-state index contributed by atoms with van der Waals surface area (Å²) in [6.45, 7) is 3.39. The molecule has 24 heavy (non-hydrogen) atoms. The van der Waals surface area contributed by atoms with Crippen molar-refractivity contribution >= 4 is 21.8 Å². The Bertz CT molecular complexity index is 720. The minimum atomic E-state index is -0.0000412. The summed E-state index contributed by atoms with van der Waals surface area (Å²) in [7, 11) is 0. The Hall–Kier alpha value is -1.92. The van der Waals surface area contributed by atoms with Crippen LogP contribution in [0.5, 0.6) is 11.6 Å². The van der Waals surface area contributed by atoms with Gasteiger partial charge in [-0.25, -0.2) is 4.98 Å². The van der Waals surface area contributed by atoms with E-state index < -0.39 is 0 Å². The number of benzene rings is 1. The summed E-state index contributed by atoms with van der Waals surface area (Å²) >= 11 is 3.40. The Labute approximate surface area is 149 Å². The zero-order valence-electron chi connectivity index (χ0n) is 13.5. The number of carbonyl (C=O) groups excluding carboxylic acids is 1. The van der Waals surface area contributed by atoms with Crippen LogP contribution in [-0.2, 0) is 0 Å². The van der Waals surface area contributed by atoms with Crippen LogP contribution >= 0.6 is 15.9 Å². The molecule has 1 amide bonds. The molecule has 1 fully saturated rings. The summed E-state index contributed by atoms with van der Waals surface area (Å²) < 4.78 is 6.63. The number of halogens is 1. The van der Waals surface area contributed by atoms with Gasteiger partial charge in [0.1, 0.15) is 5.75 Å². The molecule has 0 saturated carbocycles. The molecule has 1 aromatic heterocycles. The predicted molar refractivity (Wildman–Crippen MR) is 96.1 cm³/mol. The van der Waals surface area contributed by atoms with Gasteiger partial charge in [0.15, 0.2) is 0 Å². The quantitative estimate of drug-likeness (QED) is 0.869. The number of carbonyl (C=O) groups is 1. The van der Waals surface area contributed by atoms with Crippen LogP contribution < -0.4 is 10.5 Å². The van der Waals surface area contributed by atoms with Gasteiger partial charge >= 0.3 is 0 Å². The van der Waals surface area contributed by atoms with Crippen LogP contribution in [0.4, 0.5) is 0 Å². The predicted octanol–water partition coefficient (Wildman–Crippen LogP) is 3.45. The van der Waals surface area contributed by atoms with Gasteiger partial charge < -0.3 is 15.4 Å². The number of pyridine rings is 1. The molecule has 1 aliphatic heterocycles. The molecular weight excluding hydrogens is 370 g/mol. The summed E-state index contributed by atoms with van der Waals surface area (Å²) in [5.74, 6) is 1.53. The number of rotatable bonds is 4. The molecule has 2 N–H and O–H groups in total. The van der Waals surface area contributed by atoms with Crippen LogP contribution in [0.2, 0.25) is 0 Å². The largest absolute Gasteiger partial charge is 0.439 e. The molecule has 1 aliphatic rings. The normalized spacial score (nSPS) is 20.2. The number of hydrogen-bond acceptors (Lipinski definition) is 4. The summed E-state index contributed by atoms with van der Waals surface area (Å²) in [4.78, 5) is 18.8. The lowest BCUT2D eigenvalue weighted by Gasteiger charge is -2.21. The number of likely N-dealkylation sites (tertiary alicyclic amines) is 1. The highest BCUT2D eigenvalue weighted by molar-refractivity contribution is 9.10. The third-order valence-electron chi connectivity index (χ3n) is 4.26. The monoisotopic (exact) mass is 389 g/mol. The first-order valence-corrected chi connectivity index (χ1v) is 8.76. The first-order valence-electron chi connectivity index (χ1n) is 7.97. The Balaban J connectivity index is 1.69. The highest BCUT2D eigenvalue weighted by Crippen LogP contribution is 2.26. The number of nitrogens with two attached hydrogens (primary N) is 1. The molecule has 5 nitrogen and oxygen atoms in total. The van der Waals surface area contributed by atoms with Crippen molar-refractivity contribution in [3.05, 3.63) is 52.6 Å². The molecule has 2 atom stereocenters. The van der Waals surface area contributed by atoms with Crippen molar-refractivity contribution in [1.82, 2.24) is 9.88 Å². The number of aromatic nitrogens is 1. The van der Waals surface area contributed by atoms with Crippen molar-refractivity contribution in [3.63, 3.8) is 0 Å². The fourth-order valence-electron chi connectivity index (χ4n) is 2.98. The second-order valence-electron chi connectivity index (χ2n) is 6.09. The van der Waals surface area contributed by atoms with Gasteiger partial charge in [-0.1, -0.05) is 22.0 Å². The average Bonchev–Trinajstić information content (AvgIpc) is 2.96. The maximum atomic E-state index is 12.6. The number of amides is 1. The zero-order chi connectivity index (χ0) is 17.1. The van der Waals surface area contributed by atoms with Crippen LogP contribution in [-0.4, -0.2) is 34.9 Å². The van der Waals surface area contributed by atoms with Crippen molar-refractivity contribution in [1.29, 1.82) is 0 Å². The molecule has 1 saturated heterocycles. The van der Waals surface area contributed by atoms with E-state index in [9.17, 15) is 4.79 Å². The number of hydrogen-bond donors (Lipinski definition) is 1. The standard InChI is InChI=1S/C18H20BrN3O2/c1-12-7-13(9-20)11-22(12)18(23)14-5-6-17(21-10-14)24-16-4-2-3-15(19)8-16/h2-6,8,10,12-13H,7,9,11,20H2,1H3. The Morgan fingerprint density at radius 2 is 2.25 bits per heavy atom. The summed E-state index contributed by atoms with van der Waals surface area (Å²) in [5, 5.41) is 0. The van der Waals surface area contributed by atoms with Crippen molar-refractivity contribution in [2.45, 2.75) is 19.4 Å². The van der Waals surface area contributed by atoms with Gasteiger partial charge in [-0.05, 0) is 50.1 Å². The van der Waals surface area contributed by atoms with Crippen LogP contribution in [0.1, 0.15) is 23.7 Å². The van der Waals surface area contributed by atoms with E-state index in [1.54, 1.807) is 18.3 Å². The summed E-state index contributed by atoms with van der Waals surface area (Å²) in [6.07, 6.45) is 2.53. The van der Waals surface area contributed by atoms with E-state index in [1.165, 1.54) is 0 Å². The lowest BCUT2D eigenvalue weighted by molar-refractivity contribution is 0.0743. The van der Waals surface area contributed by atoms with Gasteiger partial charge in [0, 0.05) is 29.3 Å². The third kappa shape index (κ3) is 3.76. The van der Waals surface area contributed by atoms with Crippen molar-refractivity contribution in [3.8, 4) is 11.6 Å². The zero-order valence-corrected chi connectivity index (χ0v) is 15.1. The third-order valence-corrected chi connectivity index (χ3v) is 4.75. The number of nitrogens with zero attached hydrogens (tertiary/aromatic N) is 2. The molecule has 2 unspecified atom stereocenters. The second kappa shape index (κ2) is 7.32. The van der Waals surface area contributed by atoms with E-state index in [-0.39, 0.29) is 11.9 Å². The molecule has 6 heteroatoms. The van der Waals surface area contributed by atoms with Crippen molar-refractivity contribution < 1.29 is 9.53 Å². The minimum absolute atomic E-state index is 0.0000412. The van der Waals surface area contributed by atoms with Crippen LogP contribution in [0.25, 0.3) is 0 Å². The van der Waals surface area contributed by atoms with Crippen molar-refractivity contribution in [2.75, 3.05) is 13.1 Å². The van der Waals surface area contributed by atoms with E-state index in [0.29, 0.717) is 36.2 Å². The Morgan fingerprint density at radius 3 is 2.88 bits per heavy atom. The molecule has 1 aromatic carbocycles. The molecular formula is C18H20BrN3O2. The van der Waals surface area contributed by atoms with E-state index in [2.05, 4.69) is 27.8 Å². The minimum Gasteiger partial charge on any atom is -0.439 e. The molecule has 0 spiro atoms. The van der Waals surface area contributed by atoms with Gasteiger partial charge in [-0.15, -0.1) is 0 Å². The van der Waals surface area contributed by atoms with Crippen LogP contribution in [0.3, 0.4) is 0 Å². The van der Waals surface area contributed by atoms with E-state index >= 15 is 0 Å². The second-order valence-corrected chi connectivity index (χ2v) is 7.00. The molecule has 2 aromatic rings. The van der Waals surface area contributed by atoms with Gasteiger partial charge in [0.05, 0.1) is 5.56 Å². The van der Waals surface area contributed by atoms with Crippen molar-refractivity contribution in [2.24, 2.45) is 11.7 Å². The first-order chi connectivity index (χ1) is 11.6. The first kappa shape index (κ1) is 16.9. The molecule has 2 heterocycles. The molecule has 0 bridgehead atoms. The maximum Gasteiger partial charge on any atom is 0.255 e. The SMILES string of the molecule is CC1CC(CN)CN1C(=O)c1ccc(Oc2cccc(Br)c2)nc1. The number of ether oxygens (including phenoxy) is 1. The van der Waals surface area contributed by atoms with Gasteiger partial charge in [0.25, 0.3) is 5.91 Å². The summed E-state index contributed by atoms with van der Waals surface area (Å²) in [6, 6.07) is 11.2. The smallest absolute Gasteiger partial charge is 0.255 e. The lowest BCUT2D eigenvalue weighted by Crippen LogP contribution is -2.34. The highest BCUT2D eigenvalue weighted by Gasteiger charge is 2.32.